The van der Waals surface area contributed by atoms with E-state index in [-0.39, 0.29) is 17.6 Å². The zero-order valence-electron chi connectivity index (χ0n) is 20.0. The molecule has 1 unspecified atom stereocenters. The third-order valence-electron chi connectivity index (χ3n) is 5.56. The Morgan fingerprint density at radius 1 is 1.05 bits per heavy atom. The highest BCUT2D eigenvalue weighted by atomic mass is 32.2. The number of carbonyl (C=O) groups excluding carboxylic acids is 2. The maximum atomic E-state index is 13.4. The number of ether oxygens (including phenoxy) is 2. The molecular weight excluding hydrogens is 510 g/mol. The van der Waals surface area contributed by atoms with Crippen LogP contribution in [0.4, 0.5) is 0 Å². The number of amides is 2. The lowest BCUT2D eigenvalue weighted by atomic mass is 10.2. The van der Waals surface area contributed by atoms with E-state index in [2.05, 4.69) is 10.4 Å². The fourth-order valence-electron chi connectivity index (χ4n) is 3.70. The molecule has 1 fully saturated rings. The van der Waals surface area contributed by atoms with Gasteiger partial charge in [-0.2, -0.15) is 0 Å². The number of oxazole rings is 1. The number of rotatable bonds is 8. The molecule has 1 aliphatic heterocycles. The van der Waals surface area contributed by atoms with Gasteiger partial charge in [-0.25, -0.2) is 9.99 Å². The van der Waals surface area contributed by atoms with Crippen molar-refractivity contribution in [1.29, 1.82) is 0 Å². The third-order valence-corrected chi connectivity index (χ3v) is 7.64. The zero-order chi connectivity index (χ0) is 25.8. The van der Waals surface area contributed by atoms with Crippen LogP contribution in [0.15, 0.2) is 87.3 Å². The van der Waals surface area contributed by atoms with Gasteiger partial charge in [0.1, 0.15) is 22.4 Å². The van der Waals surface area contributed by atoms with Crippen molar-refractivity contribution in [3.05, 3.63) is 88.8 Å². The highest BCUT2D eigenvalue weighted by Gasteiger charge is 2.38. The molecule has 0 bridgehead atoms. The number of nitrogens with zero attached hydrogens (tertiary/aromatic N) is 2. The first-order valence-electron chi connectivity index (χ1n) is 11.3. The number of hydrogen-bond donors (Lipinski definition) is 1. The van der Waals surface area contributed by atoms with Crippen molar-refractivity contribution in [1.82, 2.24) is 15.4 Å². The van der Waals surface area contributed by atoms with E-state index in [1.165, 1.54) is 28.5 Å². The highest BCUT2D eigenvalue weighted by molar-refractivity contribution is 8.04. The molecule has 5 rings (SSSR count). The Labute approximate surface area is 222 Å². The van der Waals surface area contributed by atoms with Gasteiger partial charge in [-0.1, -0.05) is 59.9 Å². The fourth-order valence-corrected chi connectivity index (χ4v) is 5.52. The number of hydrogen-bond acceptors (Lipinski definition) is 8. The molecule has 0 radical (unpaired) electrons. The van der Waals surface area contributed by atoms with Crippen molar-refractivity contribution in [2.24, 2.45) is 0 Å². The molecule has 0 aliphatic carbocycles. The van der Waals surface area contributed by atoms with Crippen molar-refractivity contribution < 1.29 is 23.5 Å². The Morgan fingerprint density at radius 3 is 2.41 bits per heavy atom. The topological polar surface area (TPSA) is 93.9 Å². The van der Waals surface area contributed by atoms with Crippen molar-refractivity contribution in [2.75, 3.05) is 20.0 Å². The van der Waals surface area contributed by atoms with E-state index in [4.69, 9.17) is 13.9 Å². The molecule has 2 heterocycles. The second kappa shape index (κ2) is 11.0. The monoisotopic (exact) mass is 533 g/mol. The van der Waals surface area contributed by atoms with Gasteiger partial charge < -0.3 is 13.9 Å². The van der Waals surface area contributed by atoms with Crippen molar-refractivity contribution in [3.63, 3.8) is 0 Å². The van der Waals surface area contributed by atoms with Gasteiger partial charge in [-0.3, -0.25) is 15.0 Å². The Bertz CT molecular complexity index is 1420. The average molecular weight is 534 g/mol. The number of carbonyl (C=O) groups is 2. The van der Waals surface area contributed by atoms with E-state index in [1.54, 1.807) is 14.2 Å². The fraction of sp³-hybridized carbons (Fsp3) is 0.148. The lowest BCUT2D eigenvalue weighted by molar-refractivity contribution is -0.137. The molecule has 1 N–H and O–H groups in total. The summed E-state index contributed by atoms with van der Waals surface area (Å²) in [6.07, 6.45) is 1.81. The first kappa shape index (κ1) is 24.8. The summed E-state index contributed by atoms with van der Waals surface area (Å²) < 4.78 is 16.2. The van der Waals surface area contributed by atoms with Crippen LogP contribution in [-0.2, 0) is 9.59 Å². The van der Waals surface area contributed by atoms with E-state index < -0.39 is 5.37 Å². The standard InChI is InChI=1S/C27H23N3O5S2/c1-33-19-11-7-17(8-12-19)15-23-25(32)30(26(37-23)18-9-13-20(34-2)14-10-18)29-24(31)16-36-27-28-21-5-3-4-6-22(21)35-27/h3-15,26H,16H2,1-2H3,(H,29,31)/b23-15-. The molecule has 1 saturated heterocycles. The van der Waals surface area contributed by atoms with E-state index in [1.807, 2.05) is 78.9 Å². The molecule has 37 heavy (non-hydrogen) atoms. The van der Waals surface area contributed by atoms with Crippen LogP contribution in [0.1, 0.15) is 16.5 Å². The summed E-state index contributed by atoms with van der Waals surface area (Å²) >= 11 is 2.54. The second-order valence-electron chi connectivity index (χ2n) is 7.97. The van der Waals surface area contributed by atoms with Gasteiger partial charge in [-0.05, 0) is 53.6 Å². The molecule has 1 atom stereocenters. The predicted octanol–water partition coefficient (Wildman–Crippen LogP) is 5.28. The Balaban J connectivity index is 1.34. The van der Waals surface area contributed by atoms with E-state index in [0.29, 0.717) is 21.5 Å². The summed E-state index contributed by atoms with van der Waals surface area (Å²) in [4.78, 5) is 31.2. The lowest BCUT2D eigenvalue weighted by Gasteiger charge is -2.24. The quantitative estimate of drug-likeness (QED) is 0.241. The first-order chi connectivity index (χ1) is 18.0. The second-order valence-corrected chi connectivity index (χ2v) is 10.0. The van der Waals surface area contributed by atoms with Crippen LogP contribution in [0, 0.1) is 0 Å². The lowest BCUT2D eigenvalue weighted by Crippen LogP contribution is -2.45. The Kier molecular flexibility index (Phi) is 7.38. The smallest absolute Gasteiger partial charge is 0.280 e. The number of hydrazine groups is 1. The van der Waals surface area contributed by atoms with E-state index in [0.717, 1.165) is 22.4 Å². The molecule has 188 valence electrons. The molecule has 8 nitrogen and oxygen atoms in total. The van der Waals surface area contributed by atoms with Gasteiger partial charge in [0, 0.05) is 0 Å². The van der Waals surface area contributed by atoms with Gasteiger partial charge in [0.2, 0.25) is 5.91 Å². The van der Waals surface area contributed by atoms with Crippen LogP contribution in [0.3, 0.4) is 0 Å². The molecule has 2 amide bonds. The maximum absolute atomic E-state index is 13.4. The van der Waals surface area contributed by atoms with Crippen LogP contribution in [0.25, 0.3) is 17.2 Å². The summed E-state index contributed by atoms with van der Waals surface area (Å²) in [5.41, 5.74) is 5.87. The number of thioether (sulfide) groups is 2. The van der Waals surface area contributed by atoms with Crippen LogP contribution in [0.5, 0.6) is 11.5 Å². The van der Waals surface area contributed by atoms with Crippen LogP contribution >= 0.6 is 23.5 Å². The van der Waals surface area contributed by atoms with Gasteiger partial charge in [0.15, 0.2) is 5.58 Å². The Morgan fingerprint density at radius 2 is 1.73 bits per heavy atom. The van der Waals surface area contributed by atoms with Gasteiger partial charge in [-0.15, -0.1) is 0 Å². The summed E-state index contributed by atoms with van der Waals surface area (Å²) in [6, 6.07) is 22.2. The number of benzene rings is 3. The molecule has 3 aromatic carbocycles. The number of fused-ring (bicyclic) bond motifs is 1. The molecule has 1 aliphatic rings. The molecule has 1 aromatic heterocycles. The van der Waals surface area contributed by atoms with Crippen LogP contribution < -0.4 is 14.9 Å². The molecule has 4 aromatic rings. The number of methoxy groups -OCH3 is 2. The van der Waals surface area contributed by atoms with Gasteiger partial charge in [0.05, 0.1) is 24.9 Å². The van der Waals surface area contributed by atoms with Gasteiger partial charge in [0.25, 0.3) is 11.1 Å². The van der Waals surface area contributed by atoms with E-state index >= 15 is 0 Å². The third kappa shape index (κ3) is 5.60. The van der Waals surface area contributed by atoms with Gasteiger partial charge >= 0.3 is 0 Å². The first-order valence-corrected chi connectivity index (χ1v) is 13.2. The van der Waals surface area contributed by atoms with Crippen molar-refractivity contribution in [2.45, 2.75) is 10.6 Å². The molecule has 0 spiro atoms. The minimum atomic E-state index is -0.443. The van der Waals surface area contributed by atoms with E-state index in [9.17, 15) is 9.59 Å². The van der Waals surface area contributed by atoms with Crippen molar-refractivity contribution >= 4 is 52.5 Å². The van der Waals surface area contributed by atoms with Crippen LogP contribution in [-0.4, -0.2) is 41.8 Å². The van der Waals surface area contributed by atoms with Crippen molar-refractivity contribution in [3.8, 4) is 11.5 Å². The average Bonchev–Trinajstić information content (AvgIpc) is 3.49. The minimum absolute atomic E-state index is 0.0358. The summed E-state index contributed by atoms with van der Waals surface area (Å²) in [5, 5.41) is 1.32. The normalized spacial score (nSPS) is 16.4. The Hall–Kier alpha value is -3.89. The largest absolute Gasteiger partial charge is 0.497 e. The number of para-hydroxylation sites is 2. The predicted molar refractivity (Wildman–Crippen MR) is 144 cm³/mol. The van der Waals surface area contributed by atoms with Crippen LogP contribution in [0.2, 0.25) is 0 Å². The highest BCUT2D eigenvalue weighted by Crippen LogP contribution is 2.45. The minimum Gasteiger partial charge on any atom is -0.497 e. The SMILES string of the molecule is COc1ccc(/C=C2\SC(c3ccc(OC)cc3)N(NC(=O)CSc3nc4ccccc4o3)C2=O)cc1. The maximum Gasteiger partial charge on any atom is 0.280 e. The molecule has 0 saturated carbocycles. The summed E-state index contributed by atoms with van der Waals surface area (Å²) in [6.45, 7) is 0. The zero-order valence-corrected chi connectivity index (χ0v) is 21.7. The summed E-state index contributed by atoms with van der Waals surface area (Å²) in [7, 11) is 3.20. The number of aromatic nitrogens is 1. The number of nitrogens with one attached hydrogen (secondary N) is 1. The molecule has 10 heteroatoms. The molecular formula is C27H23N3O5S2. The summed E-state index contributed by atoms with van der Waals surface area (Å²) in [5.74, 6) is 0.840.